The first kappa shape index (κ1) is 18.3. The SMILES string of the molecule is Cc1ccc(Cn2nc(C)c(NC(=O)CSc3ccccc3)c2C)cc1. The maximum atomic E-state index is 12.3. The van der Waals surface area contributed by atoms with Gasteiger partial charge < -0.3 is 5.32 Å². The normalized spacial score (nSPS) is 10.7. The molecule has 0 spiro atoms. The molecule has 0 aliphatic carbocycles. The number of hydrogen-bond donors (Lipinski definition) is 1. The molecule has 0 radical (unpaired) electrons. The number of aryl methyl sites for hydroxylation is 2. The Labute approximate surface area is 158 Å². The number of aromatic nitrogens is 2. The summed E-state index contributed by atoms with van der Waals surface area (Å²) in [7, 11) is 0. The third kappa shape index (κ3) is 4.55. The van der Waals surface area contributed by atoms with Crippen molar-refractivity contribution >= 4 is 23.4 Å². The maximum Gasteiger partial charge on any atom is 0.234 e. The lowest BCUT2D eigenvalue weighted by molar-refractivity contribution is -0.113. The Balaban J connectivity index is 1.65. The van der Waals surface area contributed by atoms with Gasteiger partial charge in [0.1, 0.15) is 0 Å². The van der Waals surface area contributed by atoms with E-state index in [2.05, 4.69) is 41.6 Å². The summed E-state index contributed by atoms with van der Waals surface area (Å²) in [5.74, 6) is 0.367. The summed E-state index contributed by atoms with van der Waals surface area (Å²) in [5, 5.41) is 7.62. The van der Waals surface area contributed by atoms with Crippen LogP contribution in [0.25, 0.3) is 0 Å². The Hall–Kier alpha value is -2.53. The van der Waals surface area contributed by atoms with Crippen LogP contribution in [0.3, 0.4) is 0 Å². The zero-order valence-electron chi connectivity index (χ0n) is 15.3. The molecule has 0 aliphatic heterocycles. The number of anilines is 1. The Morgan fingerprint density at radius 3 is 2.42 bits per heavy atom. The first-order chi connectivity index (χ1) is 12.5. The molecule has 0 saturated heterocycles. The minimum absolute atomic E-state index is 0.0139. The second kappa shape index (κ2) is 8.23. The first-order valence-corrected chi connectivity index (χ1v) is 9.59. The van der Waals surface area contributed by atoms with Crippen LogP contribution >= 0.6 is 11.8 Å². The van der Waals surface area contributed by atoms with Gasteiger partial charge in [-0.2, -0.15) is 5.10 Å². The van der Waals surface area contributed by atoms with Crippen LogP contribution in [0, 0.1) is 20.8 Å². The average molecular weight is 366 g/mol. The van der Waals surface area contributed by atoms with E-state index in [1.165, 1.54) is 22.9 Å². The molecule has 0 aliphatic rings. The highest BCUT2D eigenvalue weighted by molar-refractivity contribution is 8.00. The summed E-state index contributed by atoms with van der Waals surface area (Å²) < 4.78 is 1.94. The molecule has 0 bridgehead atoms. The fourth-order valence-corrected chi connectivity index (χ4v) is 3.46. The lowest BCUT2D eigenvalue weighted by Crippen LogP contribution is -2.15. The molecule has 0 atom stereocenters. The monoisotopic (exact) mass is 365 g/mol. The topological polar surface area (TPSA) is 46.9 Å². The highest BCUT2D eigenvalue weighted by atomic mass is 32.2. The quantitative estimate of drug-likeness (QED) is 0.650. The maximum absolute atomic E-state index is 12.3. The molecule has 4 nitrogen and oxygen atoms in total. The van der Waals surface area contributed by atoms with E-state index in [1.54, 1.807) is 0 Å². The fourth-order valence-electron chi connectivity index (χ4n) is 2.74. The molecule has 3 rings (SSSR count). The summed E-state index contributed by atoms with van der Waals surface area (Å²) >= 11 is 1.53. The number of carbonyl (C=O) groups is 1. The average Bonchev–Trinajstić information content (AvgIpc) is 2.90. The van der Waals surface area contributed by atoms with Gasteiger partial charge in [-0.1, -0.05) is 48.0 Å². The van der Waals surface area contributed by atoms with Gasteiger partial charge in [0.15, 0.2) is 0 Å². The largest absolute Gasteiger partial charge is 0.322 e. The van der Waals surface area contributed by atoms with E-state index in [-0.39, 0.29) is 5.91 Å². The standard InChI is InChI=1S/C21H23N3OS/c1-15-9-11-18(12-10-15)13-24-17(3)21(16(2)23-24)22-20(25)14-26-19-7-5-4-6-8-19/h4-12H,13-14H2,1-3H3,(H,22,25). The first-order valence-electron chi connectivity index (χ1n) is 8.60. The van der Waals surface area contributed by atoms with E-state index in [4.69, 9.17) is 0 Å². The summed E-state index contributed by atoms with van der Waals surface area (Å²) in [6.07, 6.45) is 0. The van der Waals surface area contributed by atoms with Crippen molar-refractivity contribution in [1.82, 2.24) is 9.78 Å². The van der Waals surface area contributed by atoms with Crippen molar-refractivity contribution in [3.05, 3.63) is 77.1 Å². The predicted molar refractivity (Wildman–Crippen MR) is 108 cm³/mol. The second-order valence-electron chi connectivity index (χ2n) is 6.34. The van der Waals surface area contributed by atoms with E-state index in [0.29, 0.717) is 12.3 Å². The van der Waals surface area contributed by atoms with Crippen LogP contribution in [0.1, 0.15) is 22.5 Å². The van der Waals surface area contributed by atoms with Gasteiger partial charge in [0.25, 0.3) is 0 Å². The molecule has 3 aromatic rings. The number of nitrogens with zero attached hydrogens (tertiary/aromatic N) is 2. The summed E-state index contributed by atoms with van der Waals surface area (Å²) in [4.78, 5) is 13.4. The fraction of sp³-hybridized carbons (Fsp3) is 0.238. The Kier molecular flexibility index (Phi) is 5.78. The third-order valence-electron chi connectivity index (χ3n) is 4.21. The second-order valence-corrected chi connectivity index (χ2v) is 7.39. The van der Waals surface area contributed by atoms with Crippen LogP contribution < -0.4 is 5.32 Å². The van der Waals surface area contributed by atoms with Gasteiger partial charge >= 0.3 is 0 Å². The highest BCUT2D eigenvalue weighted by Gasteiger charge is 2.14. The molecule has 0 unspecified atom stereocenters. The predicted octanol–water partition coefficient (Wildman–Crippen LogP) is 4.59. The van der Waals surface area contributed by atoms with Crippen LogP contribution in [0.4, 0.5) is 5.69 Å². The van der Waals surface area contributed by atoms with Gasteiger partial charge in [-0.25, -0.2) is 0 Å². The van der Waals surface area contributed by atoms with Crippen molar-refractivity contribution in [2.45, 2.75) is 32.2 Å². The molecular weight excluding hydrogens is 342 g/mol. The van der Waals surface area contributed by atoms with Crippen molar-refractivity contribution in [3.8, 4) is 0 Å². The van der Waals surface area contributed by atoms with Crippen molar-refractivity contribution < 1.29 is 4.79 Å². The van der Waals surface area contributed by atoms with Crippen molar-refractivity contribution in [3.63, 3.8) is 0 Å². The molecule has 1 aromatic heterocycles. The lowest BCUT2D eigenvalue weighted by Gasteiger charge is -2.08. The number of hydrogen-bond acceptors (Lipinski definition) is 3. The van der Waals surface area contributed by atoms with Gasteiger partial charge in [0, 0.05) is 4.90 Å². The van der Waals surface area contributed by atoms with Crippen LogP contribution in [-0.4, -0.2) is 21.4 Å². The van der Waals surface area contributed by atoms with E-state index >= 15 is 0 Å². The molecule has 0 fully saturated rings. The van der Waals surface area contributed by atoms with Crippen molar-refractivity contribution in [1.29, 1.82) is 0 Å². The van der Waals surface area contributed by atoms with Gasteiger partial charge in [-0.15, -0.1) is 11.8 Å². The molecular formula is C21H23N3OS. The van der Waals surface area contributed by atoms with Crippen LogP contribution in [0.2, 0.25) is 0 Å². The van der Waals surface area contributed by atoms with E-state index in [1.807, 2.05) is 48.9 Å². The molecule has 1 amide bonds. The minimum atomic E-state index is -0.0139. The highest BCUT2D eigenvalue weighted by Crippen LogP contribution is 2.22. The zero-order chi connectivity index (χ0) is 18.5. The molecule has 0 saturated carbocycles. The zero-order valence-corrected chi connectivity index (χ0v) is 16.1. The summed E-state index contributed by atoms with van der Waals surface area (Å²) in [6.45, 7) is 6.70. The molecule has 1 heterocycles. The van der Waals surface area contributed by atoms with Crippen LogP contribution in [0.5, 0.6) is 0 Å². The van der Waals surface area contributed by atoms with E-state index in [0.717, 1.165) is 22.0 Å². The minimum Gasteiger partial charge on any atom is -0.322 e. The third-order valence-corrected chi connectivity index (χ3v) is 5.22. The molecule has 1 N–H and O–H groups in total. The summed E-state index contributed by atoms with van der Waals surface area (Å²) in [6, 6.07) is 18.4. The molecule has 2 aromatic carbocycles. The number of benzene rings is 2. The number of nitrogens with one attached hydrogen (secondary N) is 1. The van der Waals surface area contributed by atoms with E-state index in [9.17, 15) is 4.79 Å². The van der Waals surface area contributed by atoms with Gasteiger partial charge in [-0.05, 0) is 38.5 Å². The van der Waals surface area contributed by atoms with Crippen molar-refractivity contribution in [2.24, 2.45) is 0 Å². The van der Waals surface area contributed by atoms with Gasteiger partial charge in [0.05, 0.1) is 29.4 Å². The smallest absolute Gasteiger partial charge is 0.234 e. The number of carbonyl (C=O) groups excluding carboxylic acids is 1. The van der Waals surface area contributed by atoms with Crippen LogP contribution in [-0.2, 0) is 11.3 Å². The Morgan fingerprint density at radius 2 is 1.73 bits per heavy atom. The van der Waals surface area contributed by atoms with E-state index < -0.39 is 0 Å². The molecule has 5 heteroatoms. The Bertz CT molecular complexity index is 886. The molecule has 134 valence electrons. The number of rotatable bonds is 6. The van der Waals surface area contributed by atoms with Gasteiger partial charge in [0.2, 0.25) is 5.91 Å². The van der Waals surface area contributed by atoms with Gasteiger partial charge in [-0.3, -0.25) is 9.48 Å². The number of thioether (sulfide) groups is 1. The Morgan fingerprint density at radius 1 is 1.04 bits per heavy atom. The molecule has 26 heavy (non-hydrogen) atoms. The van der Waals surface area contributed by atoms with Crippen LogP contribution in [0.15, 0.2) is 59.5 Å². The van der Waals surface area contributed by atoms with Crippen molar-refractivity contribution in [2.75, 3.05) is 11.1 Å². The number of amides is 1. The lowest BCUT2D eigenvalue weighted by atomic mass is 10.1. The summed E-state index contributed by atoms with van der Waals surface area (Å²) in [5.41, 5.74) is 5.06.